The van der Waals surface area contributed by atoms with Gasteiger partial charge in [-0.25, -0.2) is 13.2 Å². The Balaban J connectivity index is 1.65. The van der Waals surface area contributed by atoms with Crippen LogP contribution in [0.2, 0.25) is 0 Å². The normalized spacial score (nSPS) is 14.5. The lowest BCUT2D eigenvalue weighted by Crippen LogP contribution is -2.50. The van der Waals surface area contributed by atoms with Gasteiger partial charge < -0.3 is 9.80 Å². The van der Waals surface area contributed by atoms with E-state index in [4.69, 9.17) is 0 Å². The largest absolute Gasteiger partial charge is 0.335 e. The van der Waals surface area contributed by atoms with E-state index in [0.717, 1.165) is 18.2 Å². The first-order chi connectivity index (χ1) is 11.9. The van der Waals surface area contributed by atoms with Crippen molar-refractivity contribution in [3.8, 4) is 0 Å². The van der Waals surface area contributed by atoms with E-state index >= 15 is 0 Å². The van der Waals surface area contributed by atoms with Crippen LogP contribution in [-0.2, 0) is 0 Å². The van der Waals surface area contributed by atoms with E-state index in [1.165, 1.54) is 28.0 Å². The molecule has 2 amide bonds. The summed E-state index contributed by atoms with van der Waals surface area (Å²) in [5, 5.41) is 0. The summed E-state index contributed by atoms with van der Waals surface area (Å²) in [6.45, 7) is 0.994. The molecule has 0 unspecified atom stereocenters. The molecule has 2 aromatic rings. The molecule has 3 rings (SSSR count). The Morgan fingerprint density at radius 1 is 0.680 bits per heavy atom. The van der Waals surface area contributed by atoms with Gasteiger partial charge in [0.15, 0.2) is 0 Å². The van der Waals surface area contributed by atoms with Crippen LogP contribution < -0.4 is 0 Å². The molecule has 0 bridgehead atoms. The predicted octanol–water partition coefficient (Wildman–Crippen LogP) is 2.70. The van der Waals surface area contributed by atoms with Crippen LogP contribution in [0, 0.1) is 17.5 Å². The highest BCUT2D eigenvalue weighted by atomic mass is 19.1. The third-order valence-corrected chi connectivity index (χ3v) is 4.04. The second-order valence-corrected chi connectivity index (χ2v) is 5.75. The summed E-state index contributed by atoms with van der Waals surface area (Å²) >= 11 is 0. The van der Waals surface area contributed by atoms with E-state index in [-0.39, 0.29) is 43.2 Å². The molecule has 130 valence electrons. The van der Waals surface area contributed by atoms with Crippen LogP contribution in [-0.4, -0.2) is 47.8 Å². The van der Waals surface area contributed by atoms with Crippen molar-refractivity contribution >= 4 is 11.8 Å². The van der Waals surface area contributed by atoms with Crippen LogP contribution in [0.3, 0.4) is 0 Å². The first kappa shape index (κ1) is 17.0. The Bertz CT molecular complexity index is 797. The van der Waals surface area contributed by atoms with Gasteiger partial charge in [-0.3, -0.25) is 9.59 Å². The van der Waals surface area contributed by atoms with Gasteiger partial charge in [0.05, 0.1) is 0 Å². The van der Waals surface area contributed by atoms with Crippen LogP contribution in [0.5, 0.6) is 0 Å². The molecule has 25 heavy (non-hydrogen) atoms. The molecule has 0 atom stereocenters. The molecule has 1 aliphatic heterocycles. The molecule has 4 nitrogen and oxygen atoms in total. The van der Waals surface area contributed by atoms with E-state index < -0.39 is 23.4 Å². The molecule has 0 saturated carbocycles. The summed E-state index contributed by atoms with van der Waals surface area (Å²) in [7, 11) is 0. The van der Waals surface area contributed by atoms with Gasteiger partial charge in [0.2, 0.25) is 0 Å². The summed E-state index contributed by atoms with van der Waals surface area (Å²) in [6.07, 6.45) is 0. The molecule has 7 heteroatoms. The molecule has 0 radical (unpaired) electrons. The van der Waals surface area contributed by atoms with Crippen molar-refractivity contribution in [2.75, 3.05) is 26.2 Å². The molecule has 2 aromatic carbocycles. The minimum absolute atomic E-state index is 0.0672. The molecular weight excluding hydrogens is 333 g/mol. The van der Waals surface area contributed by atoms with Crippen molar-refractivity contribution in [1.82, 2.24) is 9.80 Å². The number of nitrogens with zero attached hydrogens (tertiary/aromatic N) is 2. The van der Waals surface area contributed by atoms with Crippen molar-refractivity contribution in [3.63, 3.8) is 0 Å². The van der Waals surface area contributed by atoms with Gasteiger partial charge in [-0.15, -0.1) is 0 Å². The van der Waals surface area contributed by atoms with E-state index in [0.29, 0.717) is 6.07 Å². The lowest BCUT2D eigenvalue weighted by molar-refractivity contribution is 0.0535. The zero-order valence-electron chi connectivity index (χ0n) is 13.2. The van der Waals surface area contributed by atoms with Crippen molar-refractivity contribution in [2.45, 2.75) is 0 Å². The summed E-state index contributed by atoms with van der Waals surface area (Å²) in [5.41, 5.74) is 0.175. The standard InChI is InChI=1S/C18H15F3N2O2/c19-14-3-1-2-12(8-14)17(24)22-4-6-23(7-5-22)18(25)13-9-15(20)11-16(21)10-13/h1-3,8-11H,4-7H2. The zero-order chi connectivity index (χ0) is 18.0. The number of carbonyl (C=O) groups excluding carboxylic acids is 2. The topological polar surface area (TPSA) is 40.6 Å². The molecule has 0 aromatic heterocycles. The molecule has 0 spiro atoms. The Morgan fingerprint density at radius 2 is 1.16 bits per heavy atom. The number of hydrogen-bond donors (Lipinski definition) is 0. The van der Waals surface area contributed by atoms with Crippen molar-refractivity contribution in [2.24, 2.45) is 0 Å². The predicted molar refractivity (Wildman–Crippen MR) is 84.6 cm³/mol. The minimum atomic E-state index is -0.816. The number of halogens is 3. The van der Waals surface area contributed by atoms with E-state index in [9.17, 15) is 22.8 Å². The molecule has 1 aliphatic rings. The second kappa shape index (κ2) is 6.96. The maximum Gasteiger partial charge on any atom is 0.254 e. The second-order valence-electron chi connectivity index (χ2n) is 5.75. The van der Waals surface area contributed by atoms with Crippen LogP contribution in [0.1, 0.15) is 20.7 Å². The first-order valence-electron chi connectivity index (χ1n) is 7.74. The maximum absolute atomic E-state index is 13.2. The lowest BCUT2D eigenvalue weighted by atomic mass is 10.1. The molecular formula is C18H15F3N2O2. The quantitative estimate of drug-likeness (QED) is 0.837. The van der Waals surface area contributed by atoms with E-state index in [1.54, 1.807) is 0 Å². The summed E-state index contributed by atoms with van der Waals surface area (Å²) in [6, 6.07) is 8.07. The molecule has 1 saturated heterocycles. The highest BCUT2D eigenvalue weighted by molar-refractivity contribution is 5.96. The summed E-state index contributed by atoms with van der Waals surface area (Å²) < 4.78 is 39.7. The fraction of sp³-hybridized carbons (Fsp3) is 0.222. The zero-order valence-corrected chi connectivity index (χ0v) is 13.2. The fourth-order valence-electron chi connectivity index (χ4n) is 2.78. The fourth-order valence-corrected chi connectivity index (χ4v) is 2.78. The van der Waals surface area contributed by atoms with Crippen molar-refractivity contribution < 1.29 is 22.8 Å². The SMILES string of the molecule is O=C(c1cccc(F)c1)N1CCN(C(=O)c2cc(F)cc(F)c2)CC1. The Labute approximate surface area is 142 Å². The van der Waals surface area contributed by atoms with E-state index in [2.05, 4.69) is 0 Å². The summed E-state index contributed by atoms with van der Waals surface area (Å²) in [4.78, 5) is 27.6. The Hall–Kier alpha value is -2.83. The number of hydrogen-bond acceptors (Lipinski definition) is 2. The van der Waals surface area contributed by atoms with Gasteiger partial charge >= 0.3 is 0 Å². The average Bonchev–Trinajstić information content (AvgIpc) is 2.60. The van der Waals surface area contributed by atoms with E-state index in [1.807, 2.05) is 0 Å². The number of piperazine rings is 1. The monoisotopic (exact) mass is 348 g/mol. The van der Waals surface area contributed by atoms with Gasteiger partial charge in [0.1, 0.15) is 17.5 Å². The van der Waals surface area contributed by atoms with Crippen LogP contribution in [0.4, 0.5) is 13.2 Å². The molecule has 0 aliphatic carbocycles. The first-order valence-corrected chi connectivity index (χ1v) is 7.74. The van der Waals surface area contributed by atoms with Crippen LogP contribution in [0.25, 0.3) is 0 Å². The Morgan fingerprint density at radius 3 is 1.68 bits per heavy atom. The van der Waals surface area contributed by atoms with Gasteiger partial charge in [0.25, 0.3) is 11.8 Å². The minimum Gasteiger partial charge on any atom is -0.335 e. The lowest BCUT2D eigenvalue weighted by Gasteiger charge is -2.34. The number of amides is 2. The van der Waals surface area contributed by atoms with Gasteiger partial charge in [-0.05, 0) is 30.3 Å². The Kier molecular flexibility index (Phi) is 4.74. The third kappa shape index (κ3) is 3.81. The van der Waals surface area contributed by atoms with Crippen molar-refractivity contribution in [3.05, 3.63) is 71.0 Å². The summed E-state index contributed by atoms with van der Waals surface area (Å²) in [5.74, 6) is -2.93. The van der Waals surface area contributed by atoms with Crippen LogP contribution in [0.15, 0.2) is 42.5 Å². The van der Waals surface area contributed by atoms with Gasteiger partial charge in [0, 0.05) is 43.4 Å². The average molecular weight is 348 g/mol. The molecule has 1 fully saturated rings. The smallest absolute Gasteiger partial charge is 0.254 e. The van der Waals surface area contributed by atoms with Gasteiger partial charge in [-0.2, -0.15) is 0 Å². The molecule has 0 N–H and O–H groups in total. The highest BCUT2D eigenvalue weighted by Crippen LogP contribution is 2.14. The molecule has 1 heterocycles. The number of carbonyl (C=O) groups is 2. The van der Waals surface area contributed by atoms with Crippen LogP contribution >= 0.6 is 0 Å². The van der Waals surface area contributed by atoms with Crippen molar-refractivity contribution in [1.29, 1.82) is 0 Å². The van der Waals surface area contributed by atoms with Gasteiger partial charge in [-0.1, -0.05) is 6.07 Å². The number of benzene rings is 2. The number of rotatable bonds is 2. The third-order valence-electron chi connectivity index (χ3n) is 4.04. The maximum atomic E-state index is 13.2. The highest BCUT2D eigenvalue weighted by Gasteiger charge is 2.26.